The maximum absolute atomic E-state index is 15.4. The lowest BCUT2D eigenvalue weighted by Gasteiger charge is -2.39. The number of aromatic nitrogens is 2. The van der Waals surface area contributed by atoms with E-state index in [-0.39, 0.29) is 102 Å². The molecule has 12 nitrogen and oxygen atoms in total. The molecule has 0 saturated carbocycles. The fourth-order valence-electron chi connectivity index (χ4n) is 11.2. The highest BCUT2D eigenvalue weighted by molar-refractivity contribution is 7.98. The molecule has 10 aromatic rings. The fraction of sp³-hybridized carbons (Fsp3) is 0.317. The van der Waals surface area contributed by atoms with Crippen molar-refractivity contribution in [2.24, 2.45) is 0 Å². The van der Waals surface area contributed by atoms with Gasteiger partial charge in [0.1, 0.15) is 13.0 Å². The summed E-state index contributed by atoms with van der Waals surface area (Å²) in [5.41, 5.74) is -10.5. The van der Waals surface area contributed by atoms with Gasteiger partial charge >= 0.3 is 12.4 Å². The lowest BCUT2D eigenvalue weighted by molar-refractivity contribution is -0.138. The van der Waals surface area contributed by atoms with Gasteiger partial charge in [-0.05, 0) is 133 Å². The first-order chi connectivity index (χ1) is 60.9. The lowest BCUT2D eigenvalue weighted by Crippen LogP contribution is -2.48. The number of nitrogens with zero attached hydrogens (tertiary/aromatic N) is 6. The number of methoxy groups -OCH3 is 2. The number of ether oxygens (including phenoxy) is 2. The zero-order valence-corrected chi connectivity index (χ0v) is 58.1. The number of carbonyl (C=O) groups is 2. The second kappa shape index (κ2) is 35.1. The molecule has 0 bridgehead atoms. The van der Waals surface area contributed by atoms with Gasteiger partial charge in [-0.1, -0.05) is 120 Å². The molecule has 0 radical (unpaired) electrons. The normalized spacial score (nSPS) is 19.0. The van der Waals surface area contributed by atoms with Crippen molar-refractivity contribution in [1.82, 2.24) is 28.7 Å². The third-order valence-electron chi connectivity index (χ3n) is 16.7. The number of carbonyl (C=O) groups excluding carboxylic acids is 2. The smallest absolute Gasteiger partial charge is 0.383 e. The first-order valence-corrected chi connectivity index (χ1v) is 34.1. The standard InChI is InChI=1S/2C41H40F5N3O3S/c2*1-27-6-15-36-34(22-27)37(50)23-39(53-26-31-4-3-5-35(42)40(31)43)49(36)25-38(51)48(33-16-18-47(19-17-33)20-21-52-2)24-28-7-9-29(10-8-28)30-11-13-32(14-12-30)41(44,45)46/h2*3-15,22-23,33H,16-21,24-26H2,1-2H3/i6D,15D,20D2,21D2,22D,23D,24D2,25D2,26D2;6D,15D,20D2,21D2,22D,23D,24D2,25D2. The molecule has 556 valence electrons. The first-order valence-electron chi connectivity index (χ1n) is 45.3. The zero-order chi connectivity index (χ0) is 98.5. The van der Waals surface area contributed by atoms with Crippen LogP contribution in [0.15, 0.2) is 201 Å². The molecule has 2 aliphatic rings. The van der Waals surface area contributed by atoms with E-state index < -0.39 is 231 Å². The van der Waals surface area contributed by atoms with Gasteiger partial charge in [0.25, 0.3) is 0 Å². The number of piperidine rings is 2. The van der Waals surface area contributed by atoms with Gasteiger partial charge in [0, 0.05) is 132 Å². The van der Waals surface area contributed by atoms with Gasteiger partial charge in [0.2, 0.25) is 11.8 Å². The average molecular weight is 1530 g/mol. The van der Waals surface area contributed by atoms with Gasteiger partial charge in [0.05, 0.1) is 72.7 Å². The van der Waals surface area contributed by atoms with Crippen LogP contribution in [0.1, 0.15) is 106 Å². The minimum absolute atomic E-state index is 0.193. The highest BCUT2D eigenvalue weighted by Gasteiger charge is 2.34. The van der Waals surface area contributed by atoms with Gasteiger partial charge in [-0.15, -0.1) is 23.5 Å². The summed E-state index contributed by atoms with van der Waals surface area (Å²) in [6.45, 7) is -23.8. The number of amides is 2. The Kier molecular flexibility index (Phi) is 16.7. The molecule has 2 amide bonds. The molecule has 2 saturated heterocycles. The van der Waals surface area contributed by atoms with E-state index >= 15 is 14.0 Å². The molecule has 2 fully saturated rings. The van der Waals surface area contributed by atoms with Crippen molar-refractivity contribution in [2.75, 3.05) is 66.5 Å². The fourth-order valence-corrected chi connectivity index (χ4v) is 12.9. The van der Waals surface area contributed by atoms with E-state index in [1.807, 2.05) is 0 Å². The topological polar surface area (TPSA) is 110 Å². The summed E-state index contributed by atoms with van der Waals surface area (Å²) in [5.74, 6) is -9.84. The summed E-state index contributed by atoms with van der Waals surface area (Å²) in [5, 5.41) is -3.39. The van der Waals surface area contributed by atoms with E-state index in [4.69, 9.17) is 34.1 Å². The summed E-state index contributed by atoms with van der Waals surface area (Å²) in [6.07, 6.45) is -10.6. The van der Waals surface area contributed by atoms with Crippen molar-refractivity contribution in [3.8, 4) is 22.3 Å². The van der Waals surface area contributed by atoms with E-state index in [0.29, 0.717) is 48.9 Å². The Balaban J connectivity index is 0.000000255. The first kappa shape index (κ1) is 50.5. The van der Waals surface area contributed by atoms with Crippen LogP contribution in [-0.4, -0.2) is 119 Å². The third kappa shape index (κ3) is 19.6. The van der Waals surface area contributed by atoms with Crippen LogP contribution in [0.5, 0.6) is 0 Å². The summed E-state index contributed by atoms with van der Waals surface area (Å²) in [4.78, 5) is 61.6. The SMILES string of the molecule is [2H]c1c(C)c([2H])c2c(=O)c([2H])c(SC([2H])([2H])c3cccc(F)c3F)n(C([2H])([2H])C(=O)N(C3CCN(C([2H])([2H])C([2H])([2H])OC)CC3)C([2H])([2H])c3ccc(-c4ccc(C(F)(F)F)cc4)cc3)c2c1[2H].[2H]c1c(C)c([2H])c2c(=O)c([2H])c(SCc3cccc(F)c3F)n(C([2H])([2H])C(=O)N(C3CCN(C([2H])([2H])C([2H])([2H])OC)CC3)C([2H])([2H])c3ccc(-c4ccc(C(F)(F)F)cc4)cc3)c2c1[2H]. The predicted octanol–water partition coefficient (Wildman–Crippen LogP) is 17.4. The van der Waals surface area contributed by atoms with E-state index in [1.54, 1.807) is 0 Å². The molecule has 24 heteroatoms. The number of pyridine rings is 2. The third-order valence-corrected chi connectivity index (χ3v) is 18.5. The van der Waals surface area contributed by atoms with Crippen molar-refractivity contribution in [3.63, 3.8) is 0 Å². The maximum atomic E-state index is 15.4. The van der Waals surface area contributed by atoms with E-state index in [2.05, 4.69) is 0 Å². The summed E-state index contributed by atoms with van der Waals surface area (Å²) in [7, 11) is 1.91. The van der Waals surface area contributed by atoms with E-state index in [0.717, 1.165) is 66.5 Å². The Labute approximate surface area is 653 Å². The molecule has 0 N–H and O–H groups in total. The number of thioether (sulfide) groups is 2. The number of halogens is 10. The van der Waals surface area contributed by atoms with Crippen LogP contribution in [-0.2, 0) is 68.9 Å². The largest absolute Gasteiger partial charge is 0.416 e. The molecule has 0 atom stereocenters. The van der Waals surface area contributed by atoms with Gasteiger partial charge in [-0.2, -0.15) is 26.3 Å². The minimum atomic E-state index is -4.63. The van der Waals surface area contributed by atoms with Crippen molar-refractivity contribution in [2.45, 2.75) is 111 Å². The number of alkyl halides is 6. The van der Waals surface area contributed by atoms with Crippen LogP contribution in [0, 0.1) is 37.1 Å². The Hall–Kier alpha value is -9.04. The van der Waals surface area contributed by atoms with Gasteiger partial charge in [-0.3, -0.25) is 19.2 Å². The molecule has 0 aliphatic carbocycles. The zero-order valence-electron chi connectivity index (χ0n) is 82.4. The average Bonchev–Trinajstić information content (AvgIpc) is 0.717. The van der Waals surface area contributed by atoms with Crippen LogP contribution in [0.2, 0.25) is 0 Å². The van der Waals surface area contributed by atoms with Crippen LogP contribution < -0.4 is 10.9 Å². The Morgan fingerprint density at radius 2 is 0.877 bits per heavy atom. The van der Waals surface area contributed by atoms with Crippen LogP contribution in [0.25, 0.3) is 44.1 Å². The van der Waals surface area contributed by atoms with Crippen molar-refractivity contribution in [1.29, 1.82) is 0 Å². The number of likely N-dealkylation sites (tertiary alicyclic amines) is 2. The predicted molar refractivity (Wildman–Crippen MR) is 395 cm³/mol. The molecule has 2 aliphatic heterocycles. The number of hydrogen-bond acceptors (Lipinski definition) is 10. The minimum Gasteiger partial charge on any atom is -0.383 e. The van der Waals surface area contributed by atoms with Crippen molar-refractivity contribution < 1.29 is 98.6 Å². The second-order valence-electron chi connectivity index (χ2n) is 23.8. The van der Waals surface area contributed by atoms with Crippen LogP contribution >= 0.6 is 23.5 Å². The summed E-state index contributed by atoms with van der Waals surface area (Å²) >= 11 is 0.175. The lowest BCUT2D eigenvalue weighted by atomic mass is 10.00. The summed E-state index contributed by atoms with van der Waals surface area (Å²) in [6, 6.07) is 14.3. The van der Waals surface area contributed by atoms with Crippen molar-refractivity contribution in [3.05, 3.63) is 270 Å². The molecule has 0 unspecified atom stereocenters. The second-order valence-corrected chi connectivity index (χ2v) is 25.6. The quantitative estimate of drug-likeness (QED) is 0.0428. The number of fused-ring (bicyclic) bond motifs is 2. The number of hydrogen-bond donors (Lipinski definition) is 0. The molecule has 106 heavy (non-hydrogen) atoms. The molecule has 4 heterocycles. The maximum Gasteiger partial charge on any atom is 0.416 e. The molecule has 0 spiro atoms. The Bertz CT molecular complexity index is 6230. The van der Waals surface area contributed by atoms with E-state index in [1.165, 1.54) is 98.8 Å². The molecule has 2 aromatic heterocycles. The summed E-state index contributed by atoms with van der Waals surface area (Å²) < 4.78 is 379. The van der Waals surface area contributed by atoms with Crippen LogP contribution in [0.4, 0.5) is 43.9 Å². The van der Waals surface area contributed by atoms with Gasteiger partial charge in [-0.25, -0.2) is 17.6 Å². The monoisotopic (exact) mass is 1520 g/mol. The molecule has 8 aromatic carbocycles. The molecular formula is C82H80F10N6O6S2. The number of benzene rings is 8. The highest BCUT2D eigenvalue weighted by Crippen LogP contribution is 2.36. The van der Waals surface area contributed by atoms with Gasteiger partial charge < -0.3 is 38.2 Å². The van der Waals surface area contributed by atoms with E-state index in [9.17, 15) is 60.1 Å². The van der Waals surface area contributed by atoms with Gasteiger partial charge in [0.15, 0.2) is 34.1 Å². The van der Waals surface area contributed by atoms with Crippen molar-refractivity contribution >= 4 is 57.1 Å². The Morgan fingerprint density at radius 3 is 1.26 bits per heavy atom. The molecule has 12 rings (SSSR count). The number of rotatable bonds is 24. The Morgan fingerprint density at radius 1 is 0.509 bits per heavy atom. The highest BCUT2D eigenvalue weighted by atomic mass is 32.2. The molecular weight excluding hydrogens is 1420 g/mol. The van der Waals surface area contributed by atoms with Crippen LogP contribution in [0.3, 0.4) is 0 Å².